The van der Waals surface area contributed by atoms with Crippen molar-refractivity contribution in [2.75, 3.05) is 19.6 Å². The van der Waals surface area contributed by atoms with Crippen molar-refractivity contribution in [2.45, 2.75) is 76.9 Å². The fraction of sp³-hybridized carbons (Fsp3) is 0.640. The van der Waals surface area contributed by atoms with Crippen molar-refractivity contribution in [1.29, 1.82) is 0 Å². The fourth-order valence-corrected chi connectivity index (χ4v) is 4.60. The number of rotatable bonds is 6. The van der Waals surface area contributed by atoms with E-state index >= 15 is 0 Å². The first-order chi connectivity index (χ1) is 13.9. The molecule has 0 saturated carbocycles. The summed E-state index contributed by atoms with van der Waals surface area (Å²) in [7, 11) is 0. The summed E-state index contributed by atoms with van der Waals surface area (Å²) in [5.41, 5.74) is 1.04. The molecule has 1 aromatic carbocycles. The zero-order valence-electron chi connectivity index (χ0n) is 18.4. The van der Waals surface area contributed by atoms with Crippen LogP contribution in [-0.2, 0) is 4.74 Å². The van der Waals surface area contributed by atoms with Crippen LogP contribution in [0.2, 0.25) is 0 Å². The summed E-state index contributed by atoms with van der Waals surface area (Å²) < 4.78 is 5.39. The van der Waals surface area contributed by atoms with Crippen LogP contribution < -0.4 is 5.32 Å². The number of hydrogen-bond acceptors (Lipinski definition) is 3. The molecular weight excluding hydrogens is 360 g/mol. The van der Waals surface area contributed by atoms with E-state index in [2.05, 4.69) is 52.7 Å². The molecule has 2 unspecified atom stereocenters. The zero-order chi connectivity index (χ0) is 20.7. The van der Waals surface area contributed by atoms with Gasteiger partial charge in [0.2, 0.25) is 0 Å². The monoisotopic (exact) mass is 398 g/mol. The number of carbonyl (C=O) groups excluding carboxylic acids is 1. The number of likely N-dealkylation sites (tertiary alicyclic amines) is 1. The Kier molecular flexibility index (Phi) is 7.77. The second kappa shape index (κ2) is 10.3. The first-order valence-corrected chi connectivity index (χ1v) is 11.3. The molecule has 4 heteroatoms. The number of benzene rings is 1. The molecule has 3 rings (SSSR count). The molecule has 1 aliphatic carbocycles. The highest BCUT2D eigenvalue weighted by atomic mass is 16.6. The SMILES string of the molecule is CC(C)(C)OC(=O)NC1CCN(CCC(c2ccccc2)C2C=CCCC2)CC1. The van der Waals surface area contributed by atoms with Crippen LogP contribution in [0.1, 0.15) is 70.8 Å². The minimum Gasteiger partial charge on any atom is -0.444 e. The van der Waals surface area contributed by atoms with Crippen molar-refractivity contribution in [3.8, 4) is 0 Å². The number of carbonyl (C=O) groups is 1. The second-order valence-electron chi connectivity index (χ2n) is 9.59. The van der Waals surface area contributed by atoms with Crippen molar-refractivity contribution >= 4 is 6.09 Å². The topological polar surface area (TPSA) is 41.6 Å². The van der Waals surface area contributed by atoms with Gasteiger partial charge in [0, 0.05) is 19.1 Å². The molecule has 1 aromatic rings. The van der Waals surface area contributed by atoms with Gasteiger partial charge in [0.1, 0.15) is 5.60 Å². The minimum atomic E-state index is -0.440. The molecule has 1 amide bonds. The molecule has 0 bridgehead atoms. The number of allylic oxidation sites excluding steroid dienone is 2. The number of ether oxygens (including phenoxy) is 1. The number of nitrogens with one attached hydrogen (secondary N) is 1. The van der Waals surface area contributed by atoms with E-state index in [1.54, 1.807) is 0 Å². The Morgan fingerprint density at radius 1 is 1.17 bits per heavy atom. The van der Waals surface area contributed by atoms with Crippen molar-refractivity contribution in [2.24, 2.45) is 5.92 Å². The van der Waals surface area contributed by atoms with Gasteiger partial charge in [0.15, 0.2) is 0 Å². The molecule has 0 spiro atoms. The lowest BCUT2D eigenvalue weighted by Gasteiger charge is -2.35. The Bertz CT molecular complexity index is 657. The number of hydrogen-bond donors (Lipinski definition) is 1. The zero-order valence-corrected chi connectivity index (χ0v) is 18.4. The van der Waals surface area contributed by atoms with E-state index in [1.165, 1.54) is 31.2 Å². The molecule has 0 radical (unpaired) electrons. The van der Waals surface area contributed by atoms with Crippen molar-refractivity contribution in [3.05, 3.63) is 48.0 Å². The van der Waals surface area contributed by atoms with Crippen LogP contribution in [0.3, 0.4) is 0 Å². The second-order valence-corrected chi connectivity index (χ2v) is 9.59. The standard InChI is InChI=1S/C25H38N2O2/c1-25(2,3)29-24(28)26-22-14-17-27(18-15-22)19-16-23(20-10-6-4-7-11-20)21-12-8-5-9-13-21/h4,6-8,10-12,21-23H,5,9,13-19H2,1-3H3,(H,26,28). The summed E-state index contributed by atoms with van der Waals surface area (Å²) in [6.45, 7) is 8.92. The summed E-state index contributed by atoms with van der Waals surface area (Å²) in [6.07, 6.45) is 11.6. The molecule has 4 nitrogen and oxygen atoms in total. The molecule has 1 N–H and O–H groups in total. The van der Waals surface area contributed by atoms with Gasteiger partial charge in [-0.25, -0.2) is 4.79 Å². The van der Waals surface area contributed by atoms with Gasteiger partial charge < -0.3 is 15.0 Å². The molecule has 2 atom stereocenters. The van der Waals surface area contributed by atoms with Crippen LogP contribution in [0.4, 0.5) is 4.79 Å². The van der Waals surface area contributed by atoms with Gasteiger partial charge in [0.25, 0.3) is 0 Å². The van der Waals surface area contributed by atoms with Gasteiger partial charge in [-0.1, -0.05) is 42.5 Å². The van der Waals surface area contributed by atoms with Crippen molar-refractivity contribution < 1.29 is 9.53 Å². The molecule has 1 heterocycles. The van der Waals surface area contributed by atoms with Gasteiger partial charge in [-0.15, -0.1) is 0 Å². The Morgan fingerprint density at radius 2 is 1.90 bits per heavy atom. The maximum atomic E-state index is 12.0. The van der Waals surface area contributed by atoms with Gasteiger partial charge >= 0.3 is 6.09 Å². The minimum absolute atomic E-state index is 0.229. The third-order valence-corrected chi connectivity index (χ3v) is 6.10. The van der Waals surface area contributed by atoms with Crippen LogP contribution in [-0.4, -0.2) is 42.3 Å². The predicted molar refractivity (Wildman–Crippen MR) is 119 cm³/mol. The van der Waals surface area contributed by atoms with Crippen molar-refractivity contribution in [3.63, 3.8) is 0 Å². The number of piperidine rings is 1. The fourth-order valence-electron chi connectivity index (χ4n) is 4.60. The Morgan fingerprint density at radius 3 is 2.52 bits per heavy atom. The molecular formula is C25H38N2O2. The number of amides is 1. The first-order valence-electron chi connectivity index (χ1n) is 11.3. The van der Waals surface area contributed by atoms with Gasteiger partial charge in [-0.05, 0) is 83.2 Å². The summed E-state index contributed by atoms with van der Waals surface area (Å²) in [5, 5.41) is 3.04. The molecule has 29 heavy (non-hydrogen) atoms. The lowest BCUT2D eigenvalue weighted by atomic mass is 9.78. The lowest BCUT2D eigenvalue weighted by molar-refractivity contribution is 0.0478. The summed E-state index contributed by atoms with van der Waals surface area (Å²) >= 11 is 0. The molecule has 160 valence electrons. The largest absolute Gasteiger partial charge is 0.444 e. The summed E-state index contributed by atoms with van der Waals surface area (Å²) in [6, 6.07) is 11.3. The van der Waals surface area contributed by atoms with E-state index in [4.69, 9.17) is 4.74 Å². The number of nitrogens with zero attached hydrogens (tertiary/aromatic N) is 1. The molecule has 1 fully saturated rings. The number of alkyl carbamates (subject to hydrolysis) is 1. The van der Waals surface area contributed by atoms with Gasteiger partial charge in [-0.3, -0.25) is 0 Å². The normalized spacial score (nSPS) is 22.2. The Labute approximate surface area is 176 Å². The smallest absolute Gasteiger partial charge is 0.407 e. The Hall–Kier alpha value is -1.81. The van der Waals surface area contributed by atoms with Crippen LogP contribution in [0, 0.1) is 5.92 Å². The first kappa shape index (κ1) is 21.9. The Balaban J connectivity index is 1.48. The highest BCUT2D eigenvalue weighted by Gasteiger charge is 2.26. The van der Waals surface area contributed by atoms with E-state index in [1.807, 2.05) is 20.8 Å². The van der Waals surface area contributed by atoms with E-state index in [0.717, 1.165) is 32.5 Å². The highest BCUT2D eigenvalue weighted by Crippen LogP contribution is 2.35. The molecule has 1 saturated heterocycles. The van der Waals surface area contributed by atoms with Gasteiger partial charge in [0.05, 0.1) is 0 Å². The van der Waals surface area contributed by atoms with E-state index in [0.29, 0.717) is 11.8 Å². The average molecular weight is 399 g/mol. The maximum Gasteiger partial charge on any atom is 0.407 e. The predicted octanol–water partition coefficient (Wildman–Crippen LogP) is 5.51. The van der Waals surface area contributed by atoms with Crippen LogP contribution in [0.15, 0.2) is 42.5 Å². The highest BCUT2D eigenvalue weighted by molar-refractivity contribution is 5.68. The van der Waals surface area contributed by atoms with Crippen LogP contribution in [0.5, 0.6) is 0 Å². The quantitative estimate of drug-likeness (QED) is 0.643. The third-order valence-electron chi connectivity index (χ3n) is 6.10. The maximum absolute atomic E-state index is 12.0. The lowest BCUT2D eigenvalue weighted by Crippen LogP contribution is -2.46. The van der Waals surface area contributed by atoms with Gasteiger partial charge in [-0.2, -0.15) is 0 Å². The molecule has 0 aromatic heterocycles. The molecule has 2 aliphatic rings. The van der Waals surface area contributed by atoms with E-state index < -0.39 is 5.60 Å². The van der Waals surface area contributed by atoms with E-state index in [9.17, 15) is 4.79 Å². The summed E-state index contributed by atoms with van der Waals surface area (Å²) in [5.74, 6) is 1.27. The third kappa shape index (κ3) is 7.18. The van der Waals surface area contributed by atoms with Crippen LogP contribution in [0.25, 0.3) is 0 Å². The molecule has 1 aliphatic heterocycles. The summed E-state index contributed by atoms with van der Waals surface area (Å²) in [4.78, 5) is 14.6. The van der Waals surface area contributed by atoms with E-state index in [-0.39, 0.29) is 12.1 Å². The average Bonchev–Trinajstić information content (AvgIpc) is 2.69. The van der Waals surface area contributed by atoms with Crippen molar-refractivity contribution in [1.82, 2.24) is 10.2 Å². The van der Waals surface area contributed by atoms with Crippen LogP contribution >= 0.6 is 0 Å².